The number of benzene rings is 1. The number of aromatic nitrogens is 3. The van der Waals surface area contributed by atoms with Gasteiger partial charge in [-0.15, -0.1) is 24.0 Å². The molecule has 0 unspecified atom stereocenters. The van der Waals surface area contributed by atoms with E-state index in [1.165, 1.54) is 0 Å². The summed E-state index contributed by atoms with van der Waals surface area (Å²) in [6, 6.07) is 7.93. The molecule has 0 atom stereocenters. The Kier molecular flexibility index (Phi) is 8.96. The van der Waals surface area contributed by atoms with Crippen LogP contribution in [0.5, 0.6) is 5.75 Å². The number of hydrogen-bond donors (Lipinski definition) is 1. The van der Waals surface area contributed by atoms with Gasteiger partial charge in [0.2, 0.25) is 0 Å². The number of ether oxygens (including phenoxy) is 1. The summed E-state index contributed by atoms with van der Waals surface area (Å²) in [4.78, 5) is 10.6. The van der Waals surface area contributed by atoms with E-state index in [0.717, 1.165) is 23.1 Å². The summed E-state index contributed by atoms with van der Waals surface area (Å²) in [7, 11) is 5.60. The summed E-state index contributed by atoms with van der Waals surface area (Å²) >= 11 is 0. The molecule has 136 valence electrons. The molecule has 0 amide bonds. The zero-order valence-electron chi connectivity index (χ0n) is 14.8. The maximum absolute atomic E-state index is 5.68. The third-order valence-corrected chi connectivity index (χ3v) is 3.52. The number of nitrogens with zero attached hydrogens (tertiary/aromatic N) is 5. The molecule has 7 nitrogen and oxygen atoms in total. The molecule has 0 radical (unpaired) electrons. The lowest BCUT2D eigenvalue weighted by Crippen LogP contribution is -2.38. The summed E-state index contributed by atoms with van der Waals surface area (Å²) in [6.45, 7) is 5.39. The van der Waals surface area contributed by atoms with E-state index in [4.69, 9.17) is 4.74 Å². The maximum Gasteiger partial charge on any atom is 0.194 e. The Morgan fingerprint density at radius 2 is 2.20 bits per heavy atom. The molecule has 1 aromatic carbocycles. The average molecular weight is 456 g/mol. The molecule has 0 saturated heterocycles. The molecular weight excluding hydrogens is 431 g/mol. The first-order chi connectivity index (χ1) is 11.7. The van der Waals surface area contributed by atoms with Gasteiger partial charge in [0.05, 0.1) is 6.54 Å². The Hall–Kier alpha value is -2.10. The molecule has 1 N–H and O–H groups in total. The normalized spacial score (nSPS) is 10.8. The van der Waals surface area contributed by atoms with E-state index in [0.29, 0.717) is 19.7 Å². The minimum absolute atomic E-state index is 0. The molecule has 2 rings (SSSR count). The Morgan fingerprint density at radius 3 is 2.84 bits per heavy atom. The lowest BCUT2D eigenvalue weighted by molar-refractivity contribution is 0.358. The molecular formula is C17H25IN6O. The topological polar surface area (TPSA) is 67.6 Å². The second-order valence-electron chi connectivity index (χ2n) is 5.26. The summed E-state index contributed by atoms with van der Waals surface area (Å²) in [5.74, 6) is 2.49. The van der Waals surface area contributed by atoms with Crippen LogP contribution >= 0.6 is 24.0 Å². The van der Waals surface area contributed by atoms with Crippen molar-refractivity contribution in [1.29, 1.82) is 0 Å². The summed E-state index contributed by atoms with van der Waals surface area (Å²) < 4.78 is 7.43. The first-order valence-corrected chi connectivity index (χ1v) is 7.72. The fraction of sp³-hybridized carbons (Fsp3) is 0.353. The van der Waals surface area contributed by atoms with E-state index in [2.05, 4.69) is 27.0 Å². The molecule has 0 aliphatic carbocycles. The Labute approximate surface area is 165 Å². The van der Waals surface area contributed by atoms with E-state index >= 15 is 0 Å². The molecule has 0 aliphatic rings. The predicted octanol–water partition coefficient (Wildman–Crippen LogP) is 2.21. The smallest absolute Gasteiger partial charge is 0.194 e. The molecule has 2 aromatic rings. The maximum atomic E-state index is 5.68. The Morgan fingerprint density at radius 1 is 1.44 bits per heavy atom. The van der Waals surface area contributed by atoms with Crippen LogP contribution in [0, 0.1) is 0 Å². The van der Waals surface area contributed by atoms with Gasteiger partial charge in [0, 0.05) is 33.3 Å². The zero-order chi connectivity index (χ0) is 17.4. The van der Waals surface area contributed by atoms with Crippen molar-refractivity contribution in [2.75, 3.05) is 20.7 Å². The molecule has 1 aromatic heterocycles. The number of para-hydroxylation sites is 1. The van der Waals surface area contributed by atoms with Crippen LogP contribution in [0.3, 0.4) is 0 Å². The third kappa shape index (κ3) is 6.04. The quantitative estimate of drug-likeness (QED) is 0.300. The highest BCUT2D eigenvalue weighted by Crippen LogP contribution is 2.17. The van der Waals surface area contributed by atoms with Gasteiger partial charge in [-0.1, -0.05) is 30.9 Å². The average Bonchev–Trinajstić information content (AvgIpc) is 2.99. The van der Waals surface area contributed by atoms with Crippen LogP contribution in [0.1, 0.15) is 11.4 Å². The predicted molar refractivity (Wildman–Crippen MR) is 110 cm³/mol. The van der Waals surface area contributed by atoms with Crippen molar-refractivity contribution in [3.05, 3.63) is 54.6 Å². The number of guanidine groups is 1. The summed E-state index contributed by atoms with van der Waals surface area (Å²) in [5.41, 5.74) is 1.06. The molecule has 25 heavy (non-hydrogen) atoms. The molecule has 0 aliphatic heterocycles. The number of aryl methyl sites for hydroxylation is 1. The van der Waals surface area contributed by atoms with Crippen LogP contribution in [0.25, 0.3) is 0 Å². The van der Waals surface area contributed by atoms with E-state index in [-0.39, 0.29) is 24.0 Å². The summed E-state index contributed by atoms with van der Waals surface area (Å²) in [6.07, 6.45) is 3.28. The van der Waals surface area contributed by atoms with Crippen molar-refractivity contribution in [2.45, 2.75) is 13.1 Å². The fourth-order valence-corrected chi connectivity index (χ4v) is 2.25. The van der Waals surface area contributed by atoms with Gasteiger partial charge in [-0.05, 0) is 6.07 Å². The van der Waals surface area contributed by atoms with Crippen molar-refractivity contribution >= 4 is 29.9 Å². The van der Waals surface area contributed by atoms with Crippen molar-refractivity contribution in [1.82, 2.24) is 25.0 Å². The highest BCUT2D eigenvalue weighted by molar-refractivity contribution is 14.0. The number of nitrogens with one attached hydrogen (secondary N) is 1. The number of halogens is 1. The lowest BCUT2D eigenvalue weighted by Gasteiger charge is -2.22. The fourth-order valence-electron chi connectivity index (χ4n) is 2.25. The SMILES string of the molecule is C=CCOc1ccccc1CNC(=NC)N(C)Cc1ncnn1C.I. The van der Waals surface area contributed by atoms with E-state index in [1.54, 1.807) is 24.1 Å². The minimum Gasteiger partial charge on any atom is -0.489 e. The van der Waals surface area contributed by atoms with Crippen LogP contribution in [-0.4, -0.2) is 46.3 Å². The zero-order valence-corrected chi connectivity index (χ0v) is 17.2. The highest BCUT2D eigenvalue weighted by atomic mass is 127. The standard InChI is InChI=1S/C17H24N6O.HI/c1-5-10-24-15-9-7-6-8-14(15)11-19-17(18-2)22(3)12-16-20-13-21-23(16)4;/h5-9,13H,1,10-12H2,2-4H3,(H,18,19);1H. The summed E-state index contributed by atoms with van der Waals surface area (Å²) in [5, 5.41) is 7.43. The van der Waals surface area contributed by atoms with Gasteiger partial charge in [0.1, 0.15) is 24.5 Å². The Bertz CT molecular complexity index is 700. The van der Waals surface area contributed by atoms with E-state index in [9.17, 15) is 0 Å². The van der Waals surface area contributed by atoms with Crippen molar-refractivity contribution in [3.8, 4) is 5.75 Å². The van der Waals surface area contributed by atoms with Crippen LogP contribution in [0.2, 0.25) is 0 Å². The van der Waals surface area contributed by atoms with Crippen LogP contribution in [0.15, 0.2) is 48.2 Å². The first-order valence-electron chi connectivity index (χ1n) is 7.72. The molecule has 0 fully saturated rings. The highest BCUT2D eigenvalue weighted by Gasteiger charge is 2.11. The molecule has 8 heteroatoms. The van der Waals surface area contributed by atoms with Crippen LogP contribution < -0.4 is 10.1 Å². The molecule has 0 spiro atoms. The molecule has 0 saturated carbocycles. The lowest BCUT2D eigenvalue weighted by atomic mass is 10.2. The van der Waals surface area contributed by atoms with Crippen LogP contribution in [-0.2, 0) is 20.1 Å². The minimum atomic E-state index is 0. The third-order valence-electron chi connectivity index (χ3n) is 3.52. The Balaban J connectivity index is 0.00000312. The van der Waals surface area contributed by atoms with Gasteiger partial charge in [0.25, 0.3) is 0 Å². The molecule has 0 bridgehead atoms. The van der Waals surface area contributed by atoms with Crippen molar-refractivity contribution < 1.29 is 4.74 Å². The van der Waals surface area contributed by atoms with Crippen molar-refractivity contribution in [2.24, 2.45) is 12.0 Å². The number of hydrogen-bond acceptors (Lipinski definition) is 4. The van der Waals surface area contributed by atoms with E-state index < -0.39 is 0 Å². The van der Waals surface area contributed by atoms with Gasteiger partial charge >= 0.3 is 0 Å². The van der Waals surface area contributed by atoms with E-state index in [1.807, 2.05) is 43.3 Å². The van der Waals surface area contributed by atoms with Gasteiger partial charge in [-0.25, -0.2) is 4.98 Å². The van der Waals surface area contributed by atoms with Gasteiger partial charge < -0.3 is 15.0 Å². The van der Waals surface area contributed by atoms with Gasteiger partial charge in [-0.3, -0.25) is 9.67 Å². The molecule has 1 heterocycles. The second kappa shape index (κ2) is 10.7. The van der Waals surface area contributed by atoms with Crippen molar-refractivity contribution in [3.63, 3.8) is 0 Å². The monoisotopic (exact) mass is 456 g/mol. The number of aliphatic imine (C=N–C) groups is 1. The van der Waals surface area contributed by atoms with Crippen LogP contribution in [0.4, 0.5) is 0 Å². The second-order valence-corrected chi connectivity index (χ2v) is 5.26. The first kappa shape index (κ1) is 20.9. The number of rotatable bonds is 7. The largest absolute Gasteiger partial charge is 0.489 e. The van der Waals surface area contributed by atoms with Gasteiger partial charge in [-0.2, -0.15) is 5.10 Å². The van der Waals surface area contributed by atoms with Gasteiger partial charge in [0.15, 0.2) is 5.96 Å².